The number of benzene rings is 1. The van der Waals surface area contributed by atoms with Crippen molar-refractivity contribution in [3.63, 3.8) is 0 Å². The summed E-state index contributed by atoms with van der Waals surface area (Å²) in [4.78, 5) is 9.97. The lowest BCUT2D eigenvalue weighted by molar-refractivity contribution is -0.116. The molecule has 1 aromatic carbocycles. The zero-order valence-corrected chi connectivity index (χ0v) is 10.9. The van der Waals surface area contributed by atoms with Crippen molar-refractivity contribution in [2.75, 3.05) is 0 Å². The second-order valence-corrected chi connectivity index (χ2v) is 5.30. The van der Waals surface area contributed by atoms with Crippen molar-refractivity contribution in [3.05, 3.63) is 29.6 Å². The van der Waals surface area contributed by atoms with Gasteiger partial charge in [-0.15, -0.1) is 0 Å². The molecule has 17 heavy (non-hydrogen) atoms. The molecule has 1 aromatic rings. The number of ketones is 1. The maximum atomic E-state index is 13.1. The number of alkyl halides is 4. The molecule has 0 N–H and O–H groups in total. The number of hydrogen-bond acceptors (Lipinski definition) is 2. The van der Waals surface area contributed by atoms with Gasteiger partial charge in [-0.05, 0) is 42.4 Å². The molecule has 0 saturated heterocycles. The van der Waals surface area contributed by atoms with Crippen LogP contribution in [0.2, 0.25) is 0 Å². The Bertz CT molecular complexity index is 433. The van der Waals surface area contributed by atoms with E-state index >= 15 is 0 Å². The number of thioether (sulfide) groups is 1. The van der Waals surface area contributed by atoms with Gasteiger partial charge < -0.3 is 0 Å². The third-order valence-corrected chi connectivity index (χ3v) is 3.65. The van der Waals surface area contributed by atoms with E-state index in [0.717, 1.165) is 18.2 Å². The molecule has 0 amide bonds. The van der Waals surface area contributed by atoms with Crippen molar-refractivity contribution in [2.45, 2.75) is 22.2 Å². The van der Waals surface area contributed by atoms with Gasteiger partial charge in [0.1, 0.15) is 11.6 Å². The average Bonchev–Trinajstić information content (AvgIpc) is 2.12. The summed E-state index contributed by atoms with van der Waals surface area (Å²) in [6, 6.07) is 2.95. The Morgan fingerprint density at radius 1 is 1.35 bits per heavy atom. The standard InChI is InChI=1S/C10H7BrF4OS/c1-5(16)9(11)6-2-7(12)4-8(3-6)17-10(13,14)15/h2-4,9H,1H3. The number of halogens is 5. The van der Waals surface area contributed by atoms with Crippen LogP contribution in [0.1, 0.15) is 17.3 Å². The number of Topliss-reactive ketones (excluding diaryl/α,β-unsaturated/α-hetero) is 1. The summed E-state index contributed by atoms with van der Waals surface area (Å²) in [5.41, 5.74) is -4.31. The second-order valence-electron chi connectivity index (χ2n) is 3.24. The van der Waals surface area contributed by atoms with E-state index in [1.54, 1.807) is 0 Å². The molecule has 0 fully saturated rings. The van der Waals surface area contributed by atoms with Crippen LogP contribution >= 0.6 is 27.7 Å². The zero-order valence-electron chi connectivity index (χ0n) is 8.52. The largest absolute Gasteiger partial charge is 0.446 e. The van der Waals surface area contributed by atoms with Crippen molar-refractivity contribution >= 4 is 33.5 Å². The summed E-state index contributed by atoms with van der Waals surface area (Å²) in [7, 11) is 0. The fourth-order valence-electron chi connectivity index (χ4n) is 1.16. The Morgan fingerprint density at radius 3 is 2.41 bits per heavy atom. The van der Waals surface area contributed by atoms with E-state index in [-0.39, 0.29) is 16.2 Å². The molecule has 0 bridgehead atoms. The van der Waals surface area contributed by atoms with Gasteiger partial charge in [0.2, 0.25) is 0 Å². The Morgan fingerprint density at radius 2 is 1.94 bits per heavy atom. The second kappa shape index (κ2) is 5.39. The van der Waals surface area contributed by atoms with E-state index in [0.29, 0.717) is 0 Å². The molecule has 0 aliphatic carbocycles. The van der Waals surface area contributed by atoms with Crippen LogP contribution in [0.4, 0.5) is 17.6 Å². The summed E-state index contributed by atoms with van der Waals surface area (Å²) in [6.07, 6.45) is 0. The van der Waals surface area contributed by atoms with Crippen molar-refractivity contribution < 1.29 is 22.4 Å². The fraction of sp³-hybridized carbons (Fsp3) is 0.300. The lowest BCUT2D eigenvalue weighted by Crippen LogP contribution is -2.03. The molecule has 1 nitrogen and oxygen atoms in total. The van der Waals surface area contributed by atoms with Crippen LogP contribution in [0.15, 0.2) is 23.1 Å². The number of carbonyl (C=O) groups excluding carboxylic acids is 1. The molecule has 1 atom stereocenters. The lowest BCUT2D eigenvalue weighted by atomic mass is 10.1. The summed E-state index contributed by atoms with van der Waals surface area (Å²) in [5.74, 6) is -1.11. The highest BCUT2D eigenvalue weighted by molar-refractivity contribution is 9.09. The van der Waals surface area contributed by atoms with Crippen molar-refractivity contribution in [1.82, 2.24) is 0 Å². The van der Waals surface area contributed by atoms with Crippen LogP contribution in [-0.2, 0) is 4.79 Å². The zero-order chi connectivity index (χ0) is 13.2. The topological polar surface area (TPSA) is 17.1 Å². The van der Waals surface area contributed by atoms with E-state index in [2.05, 4.69) is 15.9 Å². The third-order valence-electron chi connectivity index (χ3n) is 1.78. The first-order valence-electron chi connectivity index (χ1n) is 4.40. The predicted molar refractivity (Wildman–Crippen MR) is 60.7 cm³/mol. The summed E-state index contributed by atoms with van der Waals surface area (Å²) in [6.45, 7) is 1.26. The lowest BCUT2D eigenvalue weighted by Gasteiger charge is -2.10. The SMILES string of the molecule is CC(=O)C(Br)c1cc(F)cc(SC(F)(F)F)c1. The molecule has 1 rings (SSSR count). The van der Waals surface area contributed by atoms with E-state index < -0.39 is 27.9 Å². The summed E-state index contributed by atoms with van der Waals surface area (Å²) < 4.78 is 49.5. The van der Waals surface area contributed by atoms with Gasteiger partial charge in [-0.3, -0.25) is 4.79 Å². The molecule has 0 spiro atoms. The van der Waals surface area contributed by atoms with Gasteiger partial charge in [0.15, 0.2) is 0 Å². The Balaban J connectivity index is 3.06. The minimum atomic E-state index is -4.48. The first-order valence-corrected chi connectivity index (χ1v) is 6.13. The minimum absolute atomic E-state index is 0.171. The number of carbonyl (C=O) groups is 1. The van der Waals surface area contributed by atoms with Gasteiger partial charge in [-0.2, -0.15) is 13.2 Å². The highest BCUT2D eigenvalue weighted by Crippen LogP contribution is 2.38. The third kappa shape index (κ3) is 4.67. The predicted octanol–water partition coefficient (Wildman–Crippen LogP) is 4.46. The van der Waals surface area contributed by atoms with Crippen molar-refractivity contribution in [3.8, 4) is 0 Å². The van der Waals surface area contributed by atoms with Gasteiger partial charge >= 0.3 is 5.51 Å². The van der Waals surface area contributed by atoms with Crippen molar-refractivity contribution in [1.29, 1.82) is 0 Å². The Kier molecular flexibility index (Phi) is 4.60. The maximum Gasteiger partial charge on any atom is 0.446 e. The quantitative estimate of drug-likeness (QED) is 0.462. The van der Waals surface area contributed by atoms with Crippen LogP contribution in [0.3, 0.4) is 0 Å². The molecule has 1 unspecified atom stereocenters. The molecule has 0 saturated carbocycles. The highest BCUT2D eigenvalue weighted by atomic mass is 79.9. The molecule has 0 aromatic heterocycles. The minimum Gasteiger partial charge on any atom is -0.298 e. The molecule has 0 aliphatic rings. The van der Waals surface area contributed by atoms with Gasteiger partial charge in [-0.1, -0.05) is 15.9 Å². The van der Waals surface area contributed by atoms with E-state index in [9.17, 15) is 22.4 Å². The van der Waals surface area contributed by atoms with Crippen LogP contribution in [0, 0.1) is 5.82 Å². The van der Waals surface area contributed by atoms with Gasteiger partial charge in [0.05, 0.1) is 4.83 Å². The molecule has 0 radical (unpaired) electrons. The molecule has 94 valence electrons. The molecular weight excluding hydrogens is 324 g/mol. The normalized spacial score (nSPS) is 13.5. The van der Waals surface area contributed by atoms with E-state index in [1.165, 1.54) is 6.92 Å². The number of rotatable bonds is 3. The highest BCUT2D eigenvalue weighted by Gasteiger charge is 2.30. The summed E-state index contributed by atoms with van der Waals surface area (Å²) in [5, 5.41) is 0. The molecular formula is C10H7BrF4OS. The summed E-state index contributed by atoms with van der Waals surface area (Å²) >= 11 is 2.58. The van der Waals surface area contributed by atoms with Crippen LogP contribution in [0.25, 0.3) is 0 Å². The first-order chi connectivity index (χ1) is 7.69. The first kappa shape index (κ1) is 14.5. The molecule has 0 aliphatic heterocycles. The van der Waals surface area contributed by atoms with Crippen LogP contribution < -0.4 is 0 Å². The molecule has 7 heteroatoms. The fourth-order valence-corrected chi connectivity index (χ4v) is 2.06. The van der Waals surface area contributed by atoms with Crippen LogP contribution in [-0.4, -0.2) is 11.3 Å². The van der Waals surface area contributed by atoms with E-state index in [4.69, 9.17) is 0 Å². The van der Waals surface area contributed by atoms with Gasteiger partial charge in [0, 0.05) is 4.90 Å². The molecule has 0 heterocycles. The van der Waals surface area contributed by atoms with Gasteiger partial charge in [0.25, 0.3) is 0 Å². The number of hydrogen-bond donors (Lipinski definition) is 0. The van der Waals surface area contributed by atoms with E-state index in [1.807, 2.05) is 0 Å². The maximum absolute atomic E-state index is 13.1. The van der Waals surface area contributed by atoms with Crippen molar-refractivity contribution in [2.24, 2.45) is 0 Å². The smallest absolute Gasteiger partial charge is 0.298 e. The average molecular weight is 331 g/mol. The Hall–Kier alpha value is -0.560. The Labute approximate surface area is 108 Å². The van der Waals surface area contributed by atoms with Crippen LogP contribution in [0.5, 0.6) is 0 Å². The monoisotopic (exact) mass is 330 g/mol. The van der Waals surface area contributed by atoms with Gasteiger partial charge in [-0.25, -0.2) is 4.39 Å².